The quantitative estimate of drug-likeness (QED) is 0.871. The summed E-state index contributed by atoms with van der Waals surface area (Å²) in [6, 6.07) is 0. The first-order valence-electron chi connectivity index (χ1n) is 7.71. The van der Waals surface area contributed by atoms with Crippen molar-refractivity contribution < 1.29 is 8.42 Å². The van der Waals surface area contributed by atoms with E-state index < -0.39 is 10.0 Å². The van der Waals surface area contributed by atoms with E-state index in [-0.39, 0.29) is 16.1 Å². The van der Waals surface area contributed by atoms with Crippen molar-refractivity contribution in [2.24, 2.45) is 5.41 Å². The standard InChI is InChI=1S/C14H26N4O2S/c1-4-8-17-10-12(13(15)16-17)21(19,20)18-9-7-14(5-2,6-3)11-18/h10H,4-9,11H2,1-3H3,(H2,15,16). The number of rotatable bonds is 6. The molecule has 0 atom stereocenters. The second-order valence-electron chi connectivity index (χ2n) is 5.94. The van der Waals surface area contributed by atoms with Crippen LogP contribution in [-0.4, -0.2) is 35.6 Å². The number of nitrogens with zero attached hydrogens (tertiary/aromatic N) is 3. The average molecular weight is 314 g/mol. The van der Waals surface area contributed by atoms with E-state index in [0.717, 1.165) is 25.7 Å². The van der Waals surface area contributed by atoms with Gasteiger partial charge in [0.2, 0.25) is 10.0 Å². The van der Waals surface area contributed by atoms with E-state index in [1.165, 1.54) is 0 Å². The molecule has 6 nitrogen and oxygen atoms in total. The van der Waals surface area contributed by atoms with E-state index in [2.05, 4.69) is 18.9 Å². The summed E-state index contributed by atoms with van der Waals surface area (Å²) >= 11 is 0. The Bertz CT molecular complexity index is 590. The van der Waals surface area contributed by atoms with Crippen molar-refractivity contribution in [1.82, 2.24) is 14.1 Å². The van der Waals surface area contributed by atoms with Gasteiger partial charge in [0.1, 0.15) is 4.90 Å². The van der Waals surface area contributed by atoms with Gasteiger partial charge in [-0.15, -0.1) is 0 Å². The van der Waals surface area contributed by atoms with Gasteiger partial charge in [-0.1, -0.05) is 20.8 Å². The van der Waals surface area contributed by atoms with E-state index in [4.69, 9.17) is 5.73 Å². The van der Waals surface area contributed by atoms with Crippen molar-refractivity contribution in [3.8, 4) is 0 Å². The van der Waals surface area contributed by atoms with Gasteiger partial charge >= 0.3 is 0 Å². The molecule has 2 heterocycles. The van der Waals surface area contributed by atoms with E-state index in [1.807, 2.05) is 6.92 Å². The Kier molecular flexibility index (Phi) is 4.63. The summed E-state index contributed by atoms with van der Waals surface area (Å²) in [7, 11) is -3.53. The van der Waals surface area contributed by atoms with Crippen LogP contribution in [-0.2, 0) is 16.6 Å². The fourth-order valence-corrected chi connectivity index (χ4v) is 4.64. The Hall–Kier alpha value is -1.08. The minimum Gasteiger partial charge on any atom is -0.381 e. The van der Waals surface area contributed by atoms with Crippen LogP contribution in [0.25, 0.3) is 0 Å². The van der Waals surface area contributed by atoms with Crippen molar-refractivity contribution in [2.45, 2.75) is 57.9 Å². The zero-order valence-electron chi connectivity index (χ0n) is 13.2. The number of nitrogens with two attached hydrogens (primary N) is 1. The molecule has 21 heavy (non-hydrogen) atoms. The Labute approximate surface area is 127 Å². The highest BCUT2D eigenvalue weighted by Gasteiger charge is 2.41. The predicted molar refractivity (Wildman–Crippen MR) is 83.3 cm³/mol. The normalized spacial score (nSPS) is 19.2. The first kappa shape index (κ1) is 16.3. The third kappa shape index (κ3) is 2.94. The largest absolute Gasteiger partial charge is 0.381 e. The van der Waals surface area contributed by atoms with Crippen molar-refractivity contribution in [3.05, 3.63) is 6.20 Å². The SMILES string of the molecule is CCCn1cc(S(=O)(=O)N2CCC(CC)(CC)C2)c(N)n1. The van der Waals surface area contributed by atoms with Gasteiger partial charge in [0.15, 0.2) is 5.82 Å². The molecule has 0 spiro atoms. The zero-order chi connectivity index (χ0) is 15.7. The summed E-state index contributed by atoms with van der Waals surface area (Å²) in [6.07, 6.45) is 5.37. The Morgan fingerprint density at radius 3 is 2.52 bits per heavy atom. The number of hydrogen-bond donors (Lipinski definition) is 1. The van der Waals surface area contributed by atoms with E-state index in [9.17, 15) is 8.42 Å². The fraction of sp³-hybridized carbons (Fsp3) is 0.786. The lowest BCUT2D eigenvalue weighted by Crippen LogP contribution is -2.32. The van der Waals surface area contributed by atoms with Crippen LogP contribution in [0.4, 0.5) is 5.82 Å². The molecule has 1 aromatic heterocycles. The zero-order valence-corrected chi connectivity index (χ0v) is 14.0. The summed E-state index contributed by atoms with van der Waals surface area (Å²) in [6.45, 7) is 8.11. The third-order valence-corrected chi connectivity index (χ3v) is 6.59. The molecule has 1 aliphatic heterocycles. The molecule has 0 saturated carbocycles. The number of sulfonamides is 1. The maximum absolute atomic E-state index is 12.8. The number of aromatic nitrogens is 2. The summed E-state index contributed by atoms with van der Waals surface area (Å²) in [4.78, 5) is 0.152. The average Bonchev–Trinajstić information content (AvgIpc) is 3.04. The minimum atomic E-state index is -3.53. The molecule has 0 unspecified atom stereocenters. The highest BCUT2D eigenvalue weighted by atomic mass is 32.2. The summed E-state index contributed by atoms with van der Waals surface area (Å²) < 4.78 is 28.8. The highest BCUT2D eigenvalue weighted by Crippen LogP contribution is 2.39. The molecule has 0 bridgehead atoms. The maximum Gasteiger partial charge on any atom is 0.248 e. The Balaban J connectivity index is 2.27. The Morgan fingerprint density at radius 2 is 2.00 bits per heavy atom. The summed E-state index contributed by atoms with van der Waals surface area (Å²) in [5.74, 6) is 0.106. The topological polar surface area (TPSA) is 81.2 Å². The van der Waals surface area contributed by atoms with Crippen molar-refractivity contribution in [2.75, 3.05) is 18.8 Å². The number of aryl methyl sites for hydroxylation is 1. The fourth-order valence-electron chi connectivity index (χ4n) is 3.03. The second kappa shape index (κ2) is 5.96. The molecule has 7 heteroatoms. The van der Waals surface area contributed by atoms with Gasteiger partial charge in [0, 0.05) is 25.8 Å². The molecule has 120 valence electrons. The van der Waals surface area contributed by atoms with Crippen LogP contribution in [0.1, 0.15) is 46.5 Å². The molecule has 0 radical (unpaired) electrons. The van der Waals surface area contributed by atoms with E-state index in [1.54, 1.807) is 15.2 Å². The van der Waals surface area contributed by atoms with E-state index >= 15 is 0 Å². The molecule has 0 aromatic carbocycles. The minimum absolute atomic E-state index is 0.106. The lowest BCUT2D eigenvalue weighted by atomic mass is 9.82. The van der Waals surface area contributed by atoms with Crippen LogP contribution in [0.5, 0.6) is 0 Å². The van der Waals surface area contributed by atoms with Crippen LogP contribution >= 0.6 is 0 Å². The summed E-state index contributed by atoms with van der Waals surface area (Å²) in [5.41, 5.74) is 5.93. The highest BCUT2D eigenvalue weighted by molar-refractivity contribution is 7.89. The van der Waals surface area contributed by atoms with Crippen LogP contribution in [0.3, 0.4) is 0 Å². The number of anilines is 1. The van der Waals surface area contributed by atoms with Gasteiger partial charge in [-0.3, -0.25) is 4.68 Å². The monoisotopic (exact) mass is 314 g/mol. The molecule has 1 fully saturated rings. The number of nitrogen functional groups attached to an aromatic ring is 1. The molecular weight excluding hydrogens is 288 g/mol. The second-order valence-corrected chi connectivity index (χ2v) is 7.84. The smallest absolute Gasteiger partial charge is 0.248 e. The van der Waals surface area contributed by atoms with Gasteiger partial charge in [-0.2, -0.15) is 9.40 Å². The van der Waals surface area contributed by atoms with Crippen LogP contribution in [0.15, 0.2) is 11.1 Å². The van der Waals surface area contributed by atoms with Crippen molar-refractivity contribution in [3.63, 3.8) is 0 Å². The van der Waals surface area contributed by atoms with Crippen molar-refractivity contribution in [1.29, 1.82) is 0 Å². The molecule has 1 saturated heterocycles. The first-order valence-corrected chi connectivity index (χ1v) is 9.15. The molecule has 1 aromatic rings. The van der Waals surface area contributed by atoms with Gasteiger partial charge in [0.05, 0.1) is 0 Å². The lowest BCUT2D eigenvalue weighted by molar-refractivity contribution is 0.279. The van der Waals surface area contributed by atoms with E-state index in [0.29, 0.717) is 19.6 Å². The van der Waals surface area contributed by atoms with Crippen LogP contribution < -0.4 is 5.73 Å². The van der Waals surface area contributed by atoms with Crippen LogP contribution in [0, 0.1) is 5.41 Å². The molecule has 1 aliphatic rings. The summed E-state index contributed by atoms with van der Waals surface area (Å²) in [5, 5.41) is 4.10. The van der Waals surface area contributed by atoms with Gasteiger partial charge in [-0.05, 0) is 31.1 Å². The molecule has 0 aliphatic carbocycles. The first-order chi connectivity index (χ1) is 9.88. The lowest BCUT2D eigenvalue weighted by Gasteiger charge is -2.26. The van der Waals surface area contributed by atoms with Gasteiger partial charge < -0.3 is 5.73 Å². The van der Waals surface area contributed by atoms with Crippen LogP contribution in [0.2, 0.25) is 0 Å². The molecule has 2 N–H and O–H groups in total. The van der Waals surface area contributed by atoms with Gasteiger partial charge in [0.25, 0.3) is 0 Å². The van der Waals surface area contributed by atoms with Gasteiger partial charge in [-0.25, -0.2) is 8.42 Å². The maximum atomic E-state index is 12.8. The molecular formula is C14H26N4O2S. The molecule has 0 amide bonds. The molecule has 2 rings (SSSR count). The third-order valence-electron chi connectivity index (χ3n) is 4.73. The number of hydrogen-bond acceptors (Lipinski definition) is 4. The predicted octanol–water partition coefficient (Wildman–Crippen LogP) is 2.08. The van der Waals surface area contributed by atoms with Crippen molar-refractivity contribution >= 4 is 15.8 Å². The Morgan fingerprint density at radius 1 is 1.33 bits per heavy atom.